The van der Waals surface area contributed by atoms with Gasteiger partial charge in [0.05, 0.1) is 22.9 Å². The molecule has 5 nitrogen and oxygen atoms in total. The first-order chi connectivity index (χ1) is 13.8. The van der Waals surface area contributed by atoms with Gasteiger partial charge in [0, 0.05) is 44.0 Å². The van der Waals surface area contributed by atoms with Crippen molar-refractivity contribution in [1.29, 1.82) is 0 Å². The smallest absolute Gasteiger partial charge is 0.192 e. The zero-order valence-electron chi connectivity index (χ0n) is 17.5. The summed E-state index contributed by atoms with van der Waals surface area (Å²) in [6.45, 7) is 6.91. The lowest BCUT2D eigenvalue weighted by molar-refractivity contribution is 0.101. The maximum absolute atomic E-state index is 12.6. The van der Waals surface area contributed by atoms with E-state index in [1.165, 1.54) is 6.92 Å². The van der Waals surface area contributed by atoms with Crippen LogP contribution in [0.25, 0.3) is 11.3 Å². The van der Waals surface area contributed by atoms with Gasteiger partial charge in [-0.1, -0.05) is 25.4 Å². The number of benzene rings is 1. The van der Waals surface area contributed by atoms with E-state index < -0.39 is 0 Å². The van der Waals surface area contributed by atoms with Gasteiger partial charge in [0.15, 0.2) is 11.2 Å². The number of fused-ring (bicyclic) bond motifs is 3. The van der Waals surface area contributed by atoms with E-state index in [9.17, 15) is 9.59 Å². The van der Waals surface area contributed by atoms with Crippen LogP contribution in [-0.4, -0.2) is 30.7 Å². The van der Waals surface area contributed by atoms with Crippen molar-refractivity contribution in [1.82, 2.24) is 4.57 Å². The maximum Gasteiger partial charge on any atom is 0.192 e. The molecule has 0 fully saturated rings. The van der Waals surface area contributed by atoms with Gasteiger partial charge >= 0.3 is 0 Å². The van der Waals surface area contributed by atoms with Crippen LogP contribution in [0.15, 0.2) is 29.2 Å². The highest BCUT2D eigenvalue weighted by molar-refractivity contribution is 6.32. The fourth-order valence-corrected chi connectivity index (χ4v) is 4.16. The average Bonchev–Trinajstić information content (AvgIpc) is 2.81. The van der Waals surface area contributed by atoms with Crippen LogP contribution in [0.2, 0.25) is 5.02 Å². The number of aryl methyl sites for hydroxylation is 1. The quantitative estimate of drug-likeness (QED) is 0.473. The summed E-state index contributed by atoms with van der Waals surface area (Å²) < 4.78 is 13.0. The molecule has 0 spiro atoms. The fourth-order valence-electron chi connectivity index (χ4n) is 3.94. The Balaban J connectivity index is 2.09. The minimum absolute atomic E-state index is 0.181. The summed E-state index contributed by atoms with van der Waals surface area (Å²) in [6.07, 6.45) is 4.26. The number of aromatic nitrogens is 1. The third-order valence-corrected chi connectivity index (χ3v) is 5.77. The van der Waals surface area contributed by atoms with Crippen LogP contribution in [-0.2, 0) is 11.2 Å². The first-order valence-corrected chi connectivity index (χ1v) is 10.4. The Morgan fingerprint density at radius 1 is 1.28 bits per heavy atom. The van der Waals surface area contributed by atoms with Crippen LogP contribution in [0, 0.1) is 5.92 Å². The number of Topliss-reactive ketones (excluding diaryl/α,β-unsaturated/α-hetero) is 1. The number of ketones is 1. The number of rotatable bonds is 7. The molecular formula is C23H28ClNO4. The molecule has 1 aromatic carbocycles. The average molecular weight is 418 g/mol. The second-order valence-corrected chi connectivity index (χ2v) is 8.29. The van der Waals surface area contributed by atoms with Crippen LogP contribution in [0.4, 0.5) is 0 Å². The molecule has 3 rings (SSSR count). The third-order valence-electron chi connectivity index (χ3n) is 5.48. The number of methoxy groups -OCH3 is 1. The van der Waals surface area contributed by atoms with Gasteiger partial charge in [-0.2, -0.15) is 0 Å². The molecule has 1 aliphatic heterocycles. The minimum atomic E-state index is -0.255. The number of halogens is 1. The molecule has 1 aliphatic rings. The molecule has 1 unspecified atom stereocenters. The summed E-state index contributed by atoms with van der Waals surface area (Å²) in [5.41, 5.74) is 2.80. The highest BCUT2D eigenvalue weighted by atomic mass is 35.5. The second kappa shape index (κ2) is 9.14. The number of hydrogen-bond acceptors (Lipinski definition) is 4. The molecule has 1 atom stereocenters. The van der Waals surface area contributed by atoms with E-state index in [-0.39, 0.29) is 22.8 Å². The van der Waals surface area contributed by atoms with E-state index in [0.29, 0.717) is 29.9 Å². The van der Waals surface area contributed by atoms with Crippen LogP contribution in [0.5, 0.6) is 5.75 Å². The topological polar surface area (TPSA) is 57.5 Å². The summed E-state index contributed by atoms with van der Waals surface area (Å²) in [6, 6.07) is 5.62. The Bertz CT molecular complexity index is 964. The van der Waals surface area contributed by atoms with E-state index in [0.717, 1.165) is 36.1 Å². The number of pyridine rings is 1. The van der Waals surface area contributed by atoms with Crippen LogP contribution in [0.3, 0.4) is 0 Å². The van der Waals surface area contributed by atoms with Gasteiger partial charge in [0.1, 0.15) is 5.75 Å². The van der Waals surface area contributed by atoms with Crippen molar-refractivity contribution in [3.05, 3.63) is 50.8 Å². The Morgan fingerprint density at radius 2 is 2.03 bits per heavy atom. The van der Waals surface area contributed by atoms with E-state index in [4.69, 9.17) is 21.1 Å². The van der Waals surface area contributed by atoms with E-state index in [2.05, 4.69) is 18.4 Å². The van der Waals surface area contributed by atoms with Crippen molar-refractivity contribution in [2.24, 2.45) is 5.92 Å². The molecule has 6 heteroatoms. The predicted molar refractivity (Wildman–Crippen MR) is 115 cm³/mol. The Morgan fingerprint density at radius 3 is 2.69 bits per heavy atom. The van der Waals surface area contributed by atoms with Crippen molar-refractivity contribution >= 4 is 17.4 Å². The minimum Gasteiger partial charge on any atom is -0.492 e. The summed E-state index contributed by atoms with van der Waals surface area (Å²) in [5, 5.41) is 0.513. The van der Waals surface area contributed by atoms with Gasteiger partial charge in [-0.15, -0.1) is 0 Å². The summed E-state index contributed by atoms with van der Waals surface area (Å²) in [4.78, 5) is 24.5. The van der Waals surface area contributed by atoms with Crippen molar-refractivity contribution in [3.8, 4) is 17.0 Å². The van der Waals surface area contributed by atoms with Gasteiger partial charge in [-0.3, -0.25) is 9.59 Å². The Labute approximate surface area is 176 Å². The van der Waals surface area contributed by atoms with Crippen molar-refractivity contribution in [3.63, 3.8) is 0 Å². The fraction of sp³-hybridized carbons (Fsp3) is 0.478. The van der Waals surface area contributed by atoms with Crippen molar-refractivity contribution < 1.29 is 14.3 Å². The first-order valence-electron chi connectivity index (χ1n) is 10.0. The molecule has 156 valence electrons. The Kier molecular flexibility index (Phi) is 6.81. The SMILES string of the molecule is COCCCOc1cc2c(cc1Cl)-c1cc(=O)c(C(C)=O)cn1C(C(C)C)CC2. The third kappa shape index (κ3) is 4.57. The van der Waals surface area contributed by atoms with Crippen LogP contribution >= 0.6 is 11.6 Å². The molecule has 29 heavy (non-hydrogen) atoms. The first kappa shape index (κ1) is 21.6. The van der Waals surface area contributed by atoms with Gasteiger partial charge in [0.2, 0.25) is 0 Å². The van der Waals surface area contributed by atoms with E-state index in [1.807, 2.05) is 12.1 Å². The maximum atomic E-state index is 12.6. The lowest BCUT2D eigenvalue weighted by atomic mass is 9.96. The lowest BCUT2D eigenvalue weighted by Gasteiger charge is -2.25. The van der Waals surface area contributed by atoms with Gasteiger partial charge in [-0.05, 0) is 43.4 Å². The molecule has 0 N–H and O–H groups in total. The summed E-state index contributed by atoms with van der Waals surface area (Å²) >= 11 is 6.52. The number of carbonyl (C=O) groups excluding carboxylic acids is 1. The highest BCUT2D eigenvalue weighted by Crippen LogP contribution is 2.40. The largest absolute Gasteiger partial charge is 0.492 e. The monoisotopic (exact) mass is 417 g/mol. The standard InChI is InChI=1S/C23H28ClNO4/c1-14(2)20-7-6-16-10-23(29-9-5-8-28-4)19(24)11-17(16)21-12-22(27)18(15(3)26)13-25(20)21/h10-14,20H,5-9H2,1-4H3. The van der Waals surface area contributed by atoms with Crippen molar-refractivity contribution in [2.75, 3.05) is 20.3 Å². The molecule has 0 bridgehead atoms. The normalized spacial score (nSPS) is 15.6. The molecule has 0 aliphatic carbocycles. The van der Waals surface area contributed by atoms with Crippen molar-refractivity contribution in [2.45, 2.75) is 46.1 Å². The van der Waals surface area contributed by atoms with Gasteiger partial charge < -0.3 is 14.0 Å². The lowest BCUT2D eigenvalue weighted by Crippen LogP contribution is -2.22. The number of carbonyl (C=O) groups is 1. The molecule has 0 saturated heterocycles. The molecular weight excluding hydrogens is 390 g/mol. The molecule has 2 aromatic rings. The highest BCUT2D eigenvalue weighted by Gasteiger charge is 2.26. The second-order valence-electron chi connectivity index (χ2n) is 7.88. The van der Waals surface area contributed by atoms with E-state index in [1.54, 1.807) is 19.4 Å². The number of nitrogens with zero attached hydrogens (tertiary/aromatic N) is 1. The summed E-state index contributed by atoms with van der Waals surface area (Å²) in [7, 11) is 1.66. The molecule has 0 saturated carbocycles. The molecule has 0 amide bonds. The molecule has 2 heterocycles. The predicted octanol–water partition coefficient (Wildman–Crippen LogP) is 4.93. The molecule has 0 radical (unpaired) electrons. The Hall–Kier alpha value is -2.11. The number of ether oxygens (including phenoxy) is 2. The molecule has 1 aromatic heterocycles. The van der Waals surface area contributed by atoms with Crippen LogP contribution < -0.4 is 10.2 Å². The van der Waals surface area contributed by atoms with Gasteiger partial charge in [0.25, 0.3) is 0 Å². The number of hydrogen-bond donors (Lipinski definition) is 0. The van der Waals surface area contributed by atoms with Gasteiger partial charge in [-0.25, -0.2) is 0 Å². The zero-order valence-corrected chi connectivity index (χ0v) is 18.2. The zero-order chi connectivity index (χ0) is 21.1. The summed E-state index contributed by atoms with van der Waals surface area (Å²) in [5.74, 6) is 0.791. The van der Waals surface area contributed by atoms with E-state index >= 15 is 0 Å². The van der Waals surface area contributed by atoms with Crippen LogP contribution in [0.1, 0.15) is 55.6 Å².